The lowest BCUT2D eigenvalue weighted by molar-refractivity contribution is -0.121. The van der Waals surface area contributed by atoms with E-state index < -0.39 is 10.0 Å². The van der Waals surface area contributed by atoms with Gasteiger partial charge in [-0.2, -0.15) is 0 Å². The Bertz CT molecular complexity index is 548. The van der Waals surface area contributed by atoms with Crippen LogP contribution in [0.2, 0.25) is 0 Å². The lowest BCUT2D eigenvalue weighted by Crippen LogP contribution is -2.31. The van der Waals surface area contributed by atoms with Gasteiger partial charge in [-0.1, -0.05) is 6.92 Å². The maximum Gasteiger partial charge on any atom is 0.257 e. The van der Waals surface area contributed by atoms with Crippen molar-refractivity contribution >= 4 is 15.9 Å². The van der Waals surface area contributed by atoms with Crippen LogP contribution in [0.5, 0.6) is 0 Å². The maximum atomic E-state index is 11.9. The van der Waals surface area contributed by atoms with E-state index in [0.717, 1.165) is 12.8 Å². The number of nitrogens with one attached hydrogen (secondary N) is 3. The Morgan fingerprint density at radius 2 is 2.26 bits per heavy atom. The molecule has 0 unspecified atom stereocenters. The van der Waals surface area contributed by atoms with Gasteiger partial charge in [0.25, 0.3) is 10.0 Å². The summed E-state index contributed by atoms with van der Waals surface area (Å²) >= 11 is 0. The van der Waals surface area contributed by atoms with Crippen molar-refractivity contribution in [3.8, 4) is 0 Å². The van der Waals surface area contributed by atoms with Crippen molar-refractivity contribution in [3.63, 3.8) is 0 Å². The van der Waals surface area contributed by atoms with Crippen molar-refractivity contribution in [2.24, 2.45) is 0 Å². The molecule has 1 heterocycles. The van der Waals surface area contributed by atoms with Crippen LogP contribution in [0.4, 0.5) is 0 Å². The van der Waals surface area contributed by atoms with Crippen molar-refractivity contribution in [2.45, 2.75) is 43.7 Å². The van der Waals surface area contributed by atoms with Gasteiger partial charge in [-0.3, -0.25) is 4.79 Å². The highest BCUT2D eigenvalue weighted by Gasteiger charge is 2.23. The fourth-order valence-corrected chi connectivity index (χ4v) is 2.53. The highest BCUT2D eigenvalue weighted by Crippen LogP contribution is 2.18. The third-order valence-corrected chi connectivity index (χ3v) is 4.19. The zero-order valence-corrected chi connectivity index (χ0v) is 11.6. The Morgan fingerprint density at radius 1 is 1.53 bits per heavy atom. The van der Waals surface area contributed by atoms with Crippen LogP contribution >= 0.6 is 0 Å². The molecule has 0 spiro atoms. The number of hydrogen-bond acceptors (Lipinski definition) is 4. The molecule has 0 aliphatic heterocycles. The number of carbonyl (C=O) groups is 1. The molecule has 106 valence electrons. The molecule has 0 atom stereocenters. The van der Waals surface area contributed by atoms with Crippen LogP contribution in [0.25, 0.3) is 0 Å². The smallest absolute Gasteiger partial charge is 0.257 e. The first-order valence-corrected chi connectivity index (χ1v) is 7.82. The summed E-state index contributed by atoms with van der Waals surface area (Å²) in [4.78, 5) is 18.1. The Balaban J connectivity index is 1.81. The summed E-state index contributed by atoms with van der Waals surface area (Å²) in [6.07, 6.45) is 4.10. The molecule has 1 aliphatic carbocycles. The maximum absolute atomic E-state index is 11.9. The normalized spacial score (nSPS) is 15.4. The molecule has 1 amide bonds. The number of amides is 1. The van der Waals surface area contributed by atoms with Gasteiger partial charge in [0, 0.05) is 25.4 Å². The van der Waals surface area contributed by atoms with E-state index in [4.69, 9.17) is 0 Å². The first-order valence-electron chi connectivity index (χ1n) is 6.34. The predicted molar refractivity (Wildman–Crippen MR) is 68.9 cm³/mol. The van der Waals surface area contributed by atoms with Gasteiger partial charge in [0.05, 0.1) is 6.20 Å². The van der Waals surface area contributed by atoms with Gasteiger partial charge >= 0.3 is 0 Å². The Labute approximate surface area is 112 Å². The van der Waals surface area contributed by atoms with Gasteiger partial charge < -0.3 is 10.3 Å². The molecule has 1 aromatic heterocycles. The number of rotatable bonds is 7. The zero-order valence-electron chi connectivity index (χ0n) is 10.8. The van der Waals surface area contributed by atoms with Crippen LogP contribution in [0.1, 0.15) is 32.0 Å². The second-order valence-corrected chi connectivity index (χ2v) is 6.27. The molecule has 1 aromatic rings. The zero-order chi connectivity index (χ0) is 13.9. The second-order valence-electron chi connectivity index (χ2n) is 4.54. The summed E-state index contributed by atoms with van der Waals surface area (Å²) in [5.74, 6) is 0.496. The number of nitrogens with zero attached hydrogens (tertiary/aromatic N) is 1. The number of aryl methyl sites for hydroxylation is 1. The van der Waals surface area contributed by atoms with Crippen LogP contribution in [0.3, 0.4) is 0 Å². The van der Waals surface area contributed by atoms with E-state index in [1.54, 1.807) is 0 Å². The SMILES string of the molecule is CCc1ncc(S(=O)(=O)NCCC(=O)NC2CC2)[nH]1. The van der Waals surface area contributed by atoms with Gasteiger partial charge in [-0.25, -0.2) is 18.1 Å². The van der Waals surface area contributed by atoms with E-state index >= 15 is 0 Å². The van der Waals surface area contributed by atoms with Gasteiger partial charge in [-0.15, -0.1) is 0 Å². The number of carbonyl (C=O) groups excluding carboxylic acids is 1. The molecule has 19 heavy (non-hydrogen) atoms. The average molecular weight is 286 g/mol. The Hall–Kier alpha value is -1.41. The molecule has 0 aromatic carbocycles. The van der Waals surface area contributed by atoms with Crippen LogP contribution in [0, 0.1) is 0 Å². The van der Waals surface area contributed by atoms with Gasteiger partial charge in [0.1, 0.15) is 5.82 Å². The van der Waals surface area contributed by atoms with Gasteiger partial charge in [0.15, 0.2) is 5.03 Å². The summed E-state index contributed by atoms with van der Waals surface area (Å²) in [5, 5.41) is 2.83. The standard InChI is InChI=1S/C11H18N4O3S/c1-2-9-12-7-11(15-9)19(17,18)13-6-5-10(16)14-8-3-4-8/h7-8,13H,2-6H2,1H3,(H,12,15)(H,14,16). The topological polar surface area (TPSA) is 104 Å². The molecule has 0 radical (unpaired) electrons. The number of aromatic nitrogens is 2. The molecule has 7 nitrogen and oxygen atoms in total. The molecule has 8 heteroatoms. The molecular formula is C11H18N4O3S. The first-order chi connectivity index (χ1) is 9.01. The largest absolute Gasteiger partial charge is 0.353 e. The molecule has 1 fully saturated rings. The van der Waals surface area contributed by atoms with Crippen molar-refractivity contribution in [2.75, 3.05) is 6.54 Å². The first kappa shape index (κ1) is 14.0. The molecule has 0 saturated heterocycles. The lowest BCUT2D eigenvalue weighted by atomic mass is 10.4. The fraction of sp³-hybridized carbons (Fsp3) is 0.636. The molecule has 3 N–H and O–H groups in total. The van der Waals surface area contributed by atoms with E-state index in [1.807, 2.05) is 6.92 Å². The van der Waals surface area contributed by atoms with E-state index in [1.165, 1.54) is 6.20 Å². The minimum absolute atomic E-state index is 0.0342. The van der Waals surface area contributed by atoms with Crippen LogP contribution < -0.4 is 10.0 Å². The molecule has 2 rings (SSSR count). The average Bonchev–Trinajstić information content (AvgIpc) is 3.02. The van der Waals surface area contributed by atoms with Crippen molar-refractivity contribution < 1.29 is 13.2 Å². The summed E-state index contributed by atoms with van der Waals surface area (Å²) in [7, 11) is -3.61. The van der Waals surface area contributed by atoms with E-state index in [-0.39, 0.29) is 23.9 Å². The lowest BCUT2D eigenvalue weighted by Gasteiger charge is -2.05. The molecule has 1 saturated carbocycles. The van der Waals surface area contributed by atoms with Crippen molar-refractivity contribution in [3.05, 3.63) is 12.0 Å². The molecule has 1 aliphatic rings. The minimum Gasteiger partial charge on any atom is -0.353 e. The summed E-state index contributed by atoms with van der Waals surface area (Å²) in [6, 6.07) is 0.295. The van der Waals surface area contributed by atoms with Crippen molar-refractivity contribution in [1.29, 1.82) is 0 Å². The van der Waals surface area contributed by atoms with Gasteiger partial charge in [-0.05, 0) is 12.8 Å². The monoisotopic (exact) mass is 286 g/mol. The van der Waals surface area contributed by atoms with E-state index in [2.05, 4.69) is 20.0 Å². The summed E-state index contributed by atoms with van der Waals surface area (Å²) < 4.78 is 26.1. The van der Waals surface area contributed by atoms with Crippen LogP contribution in [-0.4, -0.2) is 36.9 Å². The summed E-state index contributed by atoms with van der Waals surface area (Å²) in [5.41, 5.74) is 0. The second kappa shape index (κ2) is 5.70. The number of imidazole rings is 1. The minimum atomic E-state index is -3.61. The number of hydrogen-bond donors (Lipinski definition) is 3. The third kappa shape index (κ3) is 4.03. The Morgan fingerprint density at radius 3 is 2.84 bits per heavy atom. The van der Waals surface area contributed by atoms with Crippen LogP contribution in [0.15, 0.2) is 11.2 Å². The van der Waals surface area contributed by atoms with Gasteiger partial charge in [0.2, 0.25) is 5.91 Å². The number of sulfonamides is 1. The molecule has 0 bridgehead atoms. The highest BCUT2D eigenvalue weighted by atomic mass is 32.2. The summed E-state index contributed by atoms with van der Waals surface area (Å²) in [6.45, 7) is 1.96. The van der Waals surface area contributed by atoms with Crippen molar-refractivity contribution in [1.82, 2.24) is 20.0 Å². The number of H-pyrrole nitrogens is 1. The fourth-order valence-electron chi connectivity index (χ4n) is 1.56. The van der Waals surface area contributed by atoms with E-state index in [0.29, 0.717) is 18.3 Å². The highest BCUT2D eigenvalue weighted by molar-refractivity contribution is 7.89. The van der Waals surface area contributed by atoms with E-state index in [9.17, 15) is 13.2 Å². The Kier molecular flexibility index (Phi) is 4.20. The quantitative estimate of drug-likeness (QED) is 0.652. The number of aromatic amines is 1. The third-order valence-electron chi connectivity index (χ3n) is 2.82. The predicted octanol–water partition coefficient (Wildman–Crippen LogP) is -0.0809. The molecular weight excluding hydrogens is 268 g/mol. The van der Waals surface area contributed by atoms with Crippen LogP contribution in [-0.2, 0) is 21.2 Å².